The zero-order valence-electron chi connectivity index (χ0n) is 11.9. The Labute approximate surface area is 127 Å². The van der Waals surface area contributed by atoms with Crippen molar-refractivity contribution in [2.75, 3.05) is 18.2 Å². The lowest BCUT2D eigenvalue weighted by Crippen LogP contribution is -2.16. The van der Waals surface area contributed by atoms with Crippen molar-refractivity contribution in [3.63, 3.8) is 0 Å². The predicted molar refractivity (Wildman–Crippen MR) is 83.6 cm³/mol. The van der Waals surface area contributed by atoms with E-state index < -0.39 is 10.8 Å². The number of rotatable bonds is 7. The first kappa shape index (κ1) is 17.1. The largest absolute Gasteiger partial charge is 0.378 e. The second-order valence-corrected chi connectivity index (χ2v) is 6.58. The first-order valence-corrected chi connectivity index (χ1v) is 8.49. The van der Waals surface area contributed by atoms with E-state index in [0.717, 1.165) is 5.56 Å². The van der Waals surface area contributed by atoms with E-state index in [1.807, 2.05) is 13.8 Å². The Balaban J connectivity index is 2.59. The normalized spacial score (nSPS) is 12.4. The summed E-state index contributed by atoms with van der Waals surface area (Å²) in [6, 6.07) is 5.18. The molecule has 0 saturated carbocycles. The molecular formula is C14H20ClNO3S. The van der Waals surface area contributed by atoms with E-state index in [1.165, 1.54) is 0 Å². The number of carbonyl (C=O) groups is 1. The first-order chi connectivity index (χ1) is 9.38. The third kappa shape index (κ3) is 6.50. The number of benzene rings is 1. The average molecular weight is 318 g/mol. The molecule has 0 aliphatic heterocycles. The molecule has 0 heterocycles. The molecule has 1 N–H and O–H groups in total. The van der Waals surface area contributed by atoms with Gasteiger partial charge in [-0.2, -0.15) is 0 Å². The Bertz CT molecular complexity index is 491. The van der Waals surface area contributed by atoms with Crippen molar-refractivity contribution in [3.05, 3.63) is 28.8 Å². The molecule has 0 unspecified atom stereocenters. The van der Waals surface area contributed by atoms with Crippen molar-refractivity contribution in [2.24, 2.45) is 0 Å². The molecule has 1 amide bonds. The van der Waals surface area contributed by atoms with Crippen LogP contribution in [0.2, 0.25) is 5.02 Å². The fourth-order valence-corrected chi connectivity index (χ4v) is 2.53. The molecule has 20 heavy (non-hydrogen) atoms. The summed E-state index contributed by atoms with van der Waals surface area (Å²) in [5, 5.41) is 3.34. The van der Waals surface area contributed by atoms with Gasteiger partial charge < -0.3 is 10.1 Å². The minimum absolute atomic E-state index is 0.114. The van der Waals surface area contributed by atoms with Gasteiger partial charge in [0, 0.05) is 33.5 Å². The molecule has 1 aromatic rings. The van der Waals surface area contributed by atoms with Gasteiger partial charge in [-0.3, -0.25) is 9.00 Å². The highest BCUT2D eigenvalue weighted by Gasteiger charge is 2.07. The highest BCUT2D eigenvalue weighted by molar-refractivity contribution is 7.83. The van der Waals surface area contributed by atoms with Crippen LogP contribution in [0.15, 0.2) is 18.2 Å². The number of carbonyl (C=O) groups excluding carboxylic acids is 1. The molecule has 112 valence electrons. The molecule has 6 heteroatoms. The van der Waals surface area contributed by atoms with Gasteiger partial charge in [0.1, 0.15) is 0 Å². The molecule has 0 aliphatic rings. The molecule has 0 saturated heterocycles. The number of halogens is 1. The standard InChI is InChI=1S/C14H20ClNO3S/c1-10(2)19-7-6-14(17)16-12-4-5-13(15)11(8-12)9-20(3)18/h4-5,8,10H,6-7,9H2,1-3H3,(H,16,17)/t20-/m1/s1. The molecule has 0 aliphatic carbocycles. The van der Waals surface area contributed by atoms with Crippen molar-refractivity contribution in [1.29, 1.82) is 0 Å². The Morgan fingerprint density at radius 2 is 2.15 bits per heavy atom. The second-order valence-electron chi connectivity index (χ2n) is 4.74. The van der Waals surface area contributed by atoms with E-state index in [2.05, 4.69) is 5.32 Å². The van der Waals surface area contributed by atoms with Crippen molar-refractivity contribution < 1.29 is 13.7 Å². The van der Waals surface area contributed by atoms with Crippen molar-refractivity contribution in [2.45, 2.75) is 32.1 Å². The number of hydrogen-bond donors (Lipinski definition) is 1. The summed E-state index contributed by atoms with van der Waals surface area (Å²) in [4.78, 5) is 11.7. The van der Waals surface area contributed by atoms with E-state index in [0.29, 0.717) is 29.5 Å². The molecule has 0 spiro atoms. The van der Waals surface area contributed by atoms with Crippen LogP contribution >= 0.6 is 11.6 Å². The summed E-state index contributed by atoms with van der Waals surface area (Å²) in [6.07, 6.45) is 2.03. The van der Waals surface area contributed by atoms with E-state index >= 15 is 0 Å². The van der Waals surface area contributed by atoms with Gasteiger partial charge in [-0.25, -0.2) is 0 Å². The zero-order chi connectivity index (χ0) is 15.1. The second kappa shape index (κ2) is 8.39. The van der Waals surface area contributed by atoms with Gasteiger partial charge in [-0.15, -0.1) is 0 Å². The van der Waals surface area contributed by atoms with Gasteiger partial charge in [0.05, 0.1) is 19.1 Å². The van der Waals surface area contributed by atoms with Gasteiger partial charge in [0.15, 0.2) is 0 Å². The average Bonchev–Trinajstić information content (AvgIpc) is 2.32. The Morgan fingerprint density at radius 1 is 1.45 bits per heavy atom. The van der Waals surface area contributed by atoms with E-state index in [1.54, 1.807) is 24.5 Å². The van der Waals surface area contributed by atoms with Crippen LogP contribution in [0.25, 0.3) is 0 Å². The number of anilines is 1. The van der Waals surface area contributed by atoms with Crippen LogP contribution in [-0.2, 0) is 26.1 Å². The van der Waals surface area contributed by atoms with Crippen LogP contribution < -0.4 is 5.32 Å². The third-order valence-corrected chi connectivity index (χ3v) is 3.55. The fourth-order valence-electron chi connectivity index (χ4n) is 1.59. The maximum atomic E-state index is 11.7. The lowest BCUT2D eigenvalue weighted by Gasteiger charge is -2.10. The molecule has 4 nitrogen and oxygen atoms in total. The Morgan fingerprint density at radius 3 is 2.75 bits per heavy atom. The maximum absolute atomic E-state index is 11.7. The smallest absolute Gasteiger partial charge is 0.226 e. The summed E-state index contributed by atoms with van der Waals surface area (Å²) in [5.41, 5.74) is 1.42. The van der Waals surface area contributed by atoms with Crippen molar-refractivity contribution in [1.82, 2.24) is 0 Å². The predicted octanol–water partition coefficient (Wildman–Crippen LogP) is 2.97. The van der Waals surface area contributed by atoms with Crippen LogP contribution in [0, 0.1) is 0 Å². The van der Waals surface area contributed by atoms with Crippen molar-refractivity contribution in [3.8, 4) is 0 Å². The lowest BCUT2D eigenvalue weighted by atomic mass is 10.2. The zero-order valence-corrected chi connectivity index (χ0v) is 13.5. The minimum Gasteiger partial charge on any atom is -0.378 e. The van der Waals surface area contributed by atoms with Gasteiger partial charge in [-0.05, 0) is 37.6 Å². The van der Waals surface area contributed by atoms with Crippen molar-refractivity contribution >= 4 is 34.0 Å². The number of amides is 1. The maximum Gasteiger partial charge on any atom is 0.226 e. The van der Waals surface area contributed by atoms with E-state index in [9.17, 15) is 9.00 Å². The van der Waals surface area contributed by atoms with E-state index in [4.69, 9.17) is 16.3 Å². The molecule has 0 bridgehead atoms. The first-order valence-electron chi connectivity index (χ1n) is 6.38. The van der Waals surface area contributed by atoms with Crippen LogP contribution in [-0.4, -0.2) is 29.1 Å². The van der Waals surface area contributed by atoms with Crippen LogP contribution in [0.1, 0.15) is 25.8 Å². The van der Waals surface area contributed by atoms with Gasteiger partial charge in [0.25, 0.3) is 0 Å². The molecular weight excluding hydrogens is 298 g/mol. The highest BCUT2D eigenvalue weighted by atomic mass is 35.5. The molecule has 0 fully saturated rings. The van der Waals surface area contributed by atoms with Gasteiger partial charge in [0.2, 0.25) is 5.91 Å². The number of nitrogens with one attached hydrogen (secondary N) is 1. The molecule has 1 rings (SSSR count). The topological polar surface area (TPSA) is 55.4 Å². The molecule has 1 atom stereocenters. The summed E-state index contributed by atoms with van der Waals surface area (Å²) < 4.78 is 16.6. The van der Waals surface area contributed by atoms with Gasteiger partial charge in [-0.1, -0.05) is 11.6 Å². The molecule has 0 radical (unpaired) electrons. The summed E-state index contributed by atoms with van der Waals surface area (Å²) in [7, 11) is -0.975. The molecule has 0 aromatic heterocycles. The van der Waals surface area contributed by atoms with Gasteiger partial charge >= 0.3 is 0 Å². The minimum atomic E-state index is -0.975. The monoisotopic (exact) mass is 317 g/mol. The Hall–Kier alpha value is -0.910. The SMILES string of the molecule is CC(C)OCCC(=O)Nc1ccc(Cl)c(C[S@@](C)=O)c1. The number of hydrogen-bond acceptors (Lipinski definition) is 3. The summed E-state index contributed by atoms with van der Waals surface area (Å²) in [5.74, 6) is 0.260. The van der Waals surface area contributed by atoms with E-state index in [-0.39, 0.29) is 12.0 Å². The highest BCUT2D eigenvalue weighted by Crippen LogP contribution is 2.22. The molecule has 1 aromatic carbocycles. The number of ether oxygens (including phenoxy) is 1. The van der Waals surface area contributed by atoms with Crippen LogP contribution in [0.5, 0.6) is 0 Å². The quantitative estimate of drug-likeness (QED) is 0.841. The Kier molecular flexibility index (Phi) is 7.19. The summed E-state index contributed by atoms with van der Waals surface area (Å²) >= 11 is 6.03. The fraction of sp³-hybridized carbons (Fsp3) is 0.500. The third-order valence-electron chi connectivity index (χ3n) is 2.47. The summed E-state index contributed by atoms with van der Waals surface area (Å²) in [6.45, 7) is 4.24. The van der Waals surface area contributed by atoms with Crippen LogP contribution in [0.3, 0.4) is 0 Å². The van der Waals surface area contributed by atoms with Crippen LogP contribution in [0.4, 0.5) is 5.69 Å². The lowest BCUT2D eigenvalue weighted by molar-refractivity contribution is -0.117.